The fraction of sp³-hybridized carbons (Fsp3) is 0.600. The highest BCUT2D eigenvalue weighted by atomic mass is 16.5. The monoisotopic (exact) mass is 448 g/mol. The van der Waals surface area contributed by atoms with Crippen LogP contribution in [0.4, 0.5) is 0 Å². The molecule has 0 aliphatic rings. The number of carboxylic acid groups (broad SMARTS) is 1. The minimum absolute atomic E-state index is 0.0771. The Labute approximate surface area is 192 Å². The van der Waals surface area contributed by atoms with Crippen LogP contribution in [0, 0.1) is 23.7 Å². The minimum atomic E-state index is -0.759. The van der Waals surface area contributed by atoms with E-state index in [9.17, 15) is 9.90 Å². The van der Waals surface area contributed by atoms with Gasteiger partial charge in [-0.05, 0) is 42.9 Å². The van der Waals surface area contributed by atoms with Crippen LogP contribution < -0.4 is 15.3 Å². The molecule has 0 aliphatic heterocycles. The van der Waals surface area contributed by atoms with Crippen LogP contribution in [0.1, 0.15) is 52.5 Å². The number of nitrogens with two attached hydrogens (primary N) is 1. The zero-order valence-electron chi connectivity index (χ0n) is 20.3. The molecule has 0 aliphatic carbocycles. The van der Waals surface area contributed by atoms with Crippen LogP contribution in [0.3, 0.4) is 0 Å². The predicted octanol–water partition coefficient (Wildman–Crippen LogP) is 4.74. The lowest BCUT2D eigenvalue weighted by Crippen LogP contribution is -2.23. The first-order chi connectivity index (χ1) is 15.3. The number of methoxy groups -OCH3 is 2. The third kappa shape index (κ3) is 8.54. The van der Waals surface area contributed by atoms with Crippen molar-refractivity contribution in [3.63, 3.8) is 0 Å². The van der Waals surface area contributed by atoms with E-state index in [-0.39, 0.29) is 23.7 Å². The number of benzene rings is 1. The van der Waals surface area contributed by atoms with Crippen molar-refractivity contribution in [2.45, 2.75) is 47.0 Å². The molecular weight excluding hydrogens is 408 g/mol. The smallest absolute Gasteiger partial charge is 0.307 e. The van der Waals surface area contributed by atoms with E-state index >= 15 is 0 Å². The summed E-state index contributed by atoms with van der Waals surface area (Å²) in [5.74, 6) is 6.43. The second kappa shape index (κ2) is 14.5. The highest BCUT2D eigenvalue weighted by Gasteiger charge is 2.23. The first kappa shape index (κ1) is 27.5. The van der Waals surface area contributed by atoms with Crippen molar-refractivity contribution in [1.29, 1.82) is 0 Å². The summed E-state index contributed by atoms with van der Waals surface area (Å²) < 4.78 is 16.4. The van der Waals surface area contributed by atoms with Crippen molar-refractivity contribution >= 4 is 11.7 Å². The molecule has 0 spiro atoms. The van der Waals surface area contributed by atoms with Crippen LogP contribution in [-0.2, 0) is 9.53 Å². The van der Waals surface area contributed by atoms with Crippen molar-refractivity contribution in [3.05, 3.63) is 35.9 Å². The topological polar surface area (TPSA) is 103 Å². The summed E-state index contributed by atoms with van der Waals surface area (Å²) in [5, 5.41) is 13.5. The normalized spacial score (nSPS) is 14.2. The number of carbonyl (C=O) groups is 1. The largest absolute Gasteiger partial charge is 0.493 e. The Morgan fingerprint density at radius 2 is 1.66 bits per heavy atom. The fourth-order valence-corrected chi connectivity index (χ4v) is 3.56. The first-order valence-electron chi connectivity index (χ1n) is 11.2. The van der Waals surface area contributed by atoms with Gasteiger partial charge in [-0.25, -0.2) is 0 Å². The van der Waals surface area contributed by atoms with Crippen LogP contribution in [0.15, 0.2) is 35.5 Å². The number of ether oxygens (including phenoxy) is 3. The predicted molar refractivity (Wildman–Crippen MR) is 128 cm³/mol. The van der Waals surface area contributed by atoms with Crippen molar-refractivity contribution < 1.29 is 24.1 Å². The van der Waals surface area contributed by atoms with Crippen LogP contribution in [0.25, 0.3) is 0 Å². The molecule has 0 radical (unpaired) electrons. The Kier molecular flexibility index (Phi) is 12.5. The third-order valence-electron chi connectivity index (χ3n) is 5.57. The molecule has 2 unspecified atom stereocenters. The molecule has 0 saturated heterocycles. The van der Waals surface area contributed by atoms with Gasteiger partial charge in [-0.1, -0.05) is 39.8 Å². The maximum absolute atomic E-state index is 11.4. The van der Waals surface area contributed by atoms with Gasteiger partial charge in [0.05, 0.1) is 25.3 Å². The lowest BCUT2D eigenvalue weighted by Gasteiger charge is -2.22. The molecule has 2 atom stereocenters. The van der Waals surface area contributed by atoms with Crippen LogP contribution in [0.2, 0.25) is 0 Å². The standard InChI is InChI=1S/C25H40N2O5/c1-17(2)20(10-7-8-11-21(18(3)4)25(28)29)24(27-26)19-12-13-22(31-6)23(16-19)32-15-9-14-30-5/h7-8,12-13,16-18,20-21H,9-11,14-15,26H2,1-6H3,(H,28,29)/b8-7+,27-24+. The van der Waals surface area contributed by atoms with Gasteiger partial charge in [0.1, 0.15) is 0 Å². The summed E-state index contributed by atoms with van der Waals surface area (Å²) in [7, 11) is 3.27. The molecule has 0 aromatic heterocycles. The average Bonchev–Trinajstić information content (AvgIpc) is 2.75. The Morgan fingerprint density at radius 3 is 2.16 bits per heavy atom. The Morgan fingerprint density at radius 1 is 1.03 bits per heavy atom. The van der Waals surface area contributed by atoms with Crippen molar-refractivity contribution in [3.8, 4) is 11.5 Å². The molecule has 0 fully saturated rings. The highest BCUT2D eigenvalue weighted by molar-refractivity contribution is 6.02. The van der Waals surface area contributed by atoms with Gasteiger partial charge in [0.25, 0.3) is 0 Å². The van der Waals surface area contributed by atoms with Crippen molar-refractivity contribution in [1.82, 2.24) is 0 Å². The van der Waals surface area contributed by atoms with E-state index in [1.54, 1.807) is 14.2 Å². The Hall–Kier alpha value is -2.54. The molecule has 1 aromatic rings. The van der Waals surface area contributed by atoms with Gasteiger partial charge >= 0.3 is 5.97 Å². The van der Waals surface area contributed by atoms with E-state index in [0.29, 0.717) is 37.6 Å². The fourth-order valence-electron chi connectivity index (χ4n) is 3.56. The molecular formula is C25H40N2O5. The van der Waals surface area contributed by atoms with E-state index in [4.69, 9.17) is 20.1 Å². The quantitative estimate of drug-likeness (QED) is 0.132. The van der Waals surface area contributed by atoms with Crippen molar-refractivity contribution in [2.75, 3.05) is 27.4 Å². The van der Waals surface area contributed by atoms with E-state index in [0.717, 1.165) is 17.7 Å². The van der Waals surface area contributed by atoms with E-state index in [1.807, 2.05) is 44.2 Å². The van der Waals surface area contributed by atoms with E-state index in [2.05, 4.69) is 18.9 Å². The number of hydrogen-bond donors (Lipinski definition) is 2. The summed E-state index contributed by atoms with van der Waals surface area (Å²) in [6, 6.07) is 5.71. The zero-order valence-corrected chi connectivity index (χ0v) is 20.3. The van der Waals surface area contributed by atoms with Gasteiger partial charge in [0, 0.05) is 31.6 Å². The zero-order chi connectivity index (χ0) is 24.1. The lowest BCUT2D eigenvalue weighted by molar-refractivity contribution is -0.143. The average molecular weight is 449 g/mol. The summed E-state index contributed by atoms with van der Waals surface area (Å²) in [6.45, 7) is 9.26. The summed E-state index contributed by atoms with van der Waals surface area (Å²) in [6.07, 6.45) is 6.00. The molecule has 0 saturated carbocycles. The maximum atomic E-state index is 11.4. The molecule has 1 rings (SSSR count). The van der Waals surface area contributed by atoms with Crippen LogP contribution in [-0.4, -0.2) is 44.2 Å². The Bertz CT molecular complexity index is 759. The van der Waals surface area contributed by atoms with E-state index < -0.39 is 5.97 Å². The molecule has 7 heteroatoms. The Balaban J connectivity index is 3.01. The molecule has 0 amide bonds. The van der Waals surface area contributed by atoms with Gasteiger partial charge in [0.15, 0.2) is 11.5 Å². The lowest BCUT2D eigenvalue weighted by atomic mass is 9.84. The first-order valence-corrected chi connectivity index (χ1v) is 11.2. The third-order valence-corrected chi connectivity index (χ3v) is 5.57. The van der Waals surface area contributed by atoms with Crippen LogP contribution >= 0.6 is 0 Å². The molecule has 32 heavy (non-hydrogen) atoms. The molecule has 0 bridgehead atoms. The summed E-state index contributed by atoms with van der Waals surface area (Å²) in [4.78, 5) is 11.4. The number of nitrogens with zero attached hydrogens (tertiary/aromatic N) is 1. The van der Waals surface area contributed by atoms with Gasteiger partial charge in [0.2, 0.25) is 0 Å². The molecule has 0 heterocycles. The van der Waals surface area contributed by atoms with Gasteiger partial charge in [-0.3, -0.25) is 4.79 Å². The van der Waals surface area contributed by atoms with E-state index in [1.165, 1.54) is 0 Å². The molecule has 7 nitrogen and oxygen atoms in total. The number of allylic oxidation sites excluding steroid dienone is 2. The summed E-state index contributed by atoms with van der Waals surface area (Å²) >= 11 is 0. The molecule has 1 aromatic carbocycles. The van der Waals surface area contributed by atoms with Crippen LogP contribution in [0.5, 0.6) is 11.5 Å². The van der Waals surface area contributed by atoms with Gasteiger partial charge < -0.3 is 25.2 Å². The summed E-state index contributed by atoms with van der Waals surface area (Å²) in [5.41, 5.74) is 1.67. The number of hydrogen-bond acceptors (Lipinski definition) is 6. The molecule has 180 valence electrons. The van der Waals surface area contributed by atoms with Gasteiger partial charge in [-0.2, -0.15) is 5.10 Å². The number of carboxylic acids is 1. The van der Waals surface area contributed by atoms with Crippen molar-refractivity contribution in [2.24, 2.45) is 34.6 Å². The minimum Gasteiger partial charge on any atom is -0.493 e. The van der Waals surface area contributed by atoms with Gasteiger partial charge in [-0.15, -0.1) is 0 Å². The highest BCUT2D eigenvalue weighted by Crippen LogP contribution is 2.31. The number of rotatable bonds is 15. The SMILES string of the molecule is COCCCOc1cc(/C(=N\N)C(C/C=C/CC(C(=O)O)C(C)C)C(C)C)ccc1OC. The number of hydrazone groups is 1. The second-order valence-electron chi connectivity index (χ2n) is 8.56. The molecule has 3 N–H and O–H groups in total. The second-order valence-corrected chi connectivity index (χ2v) is 8.56. The maximum Gasteiger partial charge on any atom is 0.307 e. The number of aliphatic carboxylic acids is 1.